The summed E-state index contributed by atoms with van der Waals surface area (Å²) in [5.41, 5.74) is 5.00. The summed E-state index contributed by atoms with van der Waals surface area (Å²) in [6, 6.07) is 5.36. The molecule has 1 aromatic heterocycles. The van der Waals surface area contributed by atoms with Gasteiger partial charge in [-0.05, 0) is 6.07 Å². The molecule has 148 valence electrons. The molecule has 0 aliphatic carbocycles. The summed E-state index contributed by atoms with van der Waals surface area (Å²) < 4.78 is 31.7. The van der Waals surface area contributed by atoms with Crippen molar-refractivity contribution in [1.29, 1.82) is 0 Å². The molecule has 0 spiro atoms. The molecule has 0 radical (unpaired) electrons. The number of nitrogens with zero attached hydrogens (tertiary/aromatic N) is 5. The van der Waals surface area contributed by atoms with Crippen LogP contribution in [0.5, 0.6) is 0 Å². The molecule has 1 saturated heterocycles. The minimum atomic E-state index is -3.94. The van der Waals surface area contributed by atoms with Gasteiger partial charge in [0, 0.05) is 32.2 Å². The first-order chi connectivity index (χ1) is 12.4. The van der Waals surface area contributed by atoms with Gasteiger partial charge in [0.2, 0.25) is 15.9 Å². The molecule has 2 aromatic rings. The summed E-state index contributed by atoms with van der Waals surface area (Å²) in [7, 11) is -3.94. The number of rotatable bonds is 6. The van der Waals surface area contributed by atoms with Crippen LogP contribution in [0.15, 0.2) is 33.7 Å². The summed E-state index contributed by atoms with van der Waals surface area (Å²) in [6.45, 7) is 1.92. The lowest BCUT2D eigenvalue weighted by molar-refractivity contribution is -0.387. The van der Waals surface area contributed by atoms with E-state index in [-0.39, 0.29) is 36.9 Å². The summed E-state index contributed by atoms with van der Waals surface area (Å²) in [4.78, 5) is 16.2. The average molecular weight is 419 g/mol. The smallest absolute Gasteiger partial charge is 0.289 e. The fourth-order valence-corrected chi connectivity index (χ4v) is 4.31. The quantitative estimate of drug-likeness (QED) is 0.518. The van der Waals surface area contributed by atoms with Crippen LogP contribution < -0.4 is 5.73 Å². The van der Waals surface area contributed by atoms with Crippen molar-refractivity contribution in [3.05, 3.63) is 46.1 Å². The van der Waals surface area contributed by atoms with E-state index in [1.807, 2.05) is 4.90 Å². The standard InChI is InChI=1S/C14H18N6O5S.ClH/c15-9-14-16-13(17-25-14)10-18-5-7-19(8-6-18)26(23,24)12-4-2-1-3-11(12)20(21)22;/h1-4H,5-10,15H2;1H. The second-order valence-corrected chi connectivity index (χ2v) is 7.62. The van der Waals surface area contributed by atoms with Gasteiger partial charge in [-0.3, -0.25) is 15.0 Å². The molecule has 0 unspecified atom stereocenters. The van der Waals surface area contributed by atoms with Crippen LogP contribution in [0, 0.1) is 10.1 Å². The Morgan fingerprint density at radius 3 is 2.48 bits per heavy atom. The van der Waals surface area contributed by atoms with E-state index in [1.54, 1.807) is 0 Å². The number of sulfonamides is 1. The second kappa shape index (κ2) is 8.71. The normalized spacial score (nSPS) is 16.0. The number of aromatic nitrogens is 2. The Morgan fingerprint density at radius 1 is 1.22 bits per heavy atom. The highest BCUT2D eigenvalue weighted by atomic mass is 35.5. The second-order valence-electron chi connectivity index (χ2n) is 5.71. The number of nitro benzene ring substituents is 1. The maximum absolute atomic E-state index is 12.8. The molecule has 1 aliphatic heterocycles. The van der Waals surface area contributed by atoms with E-state index in [0.717, 1.165) is 0 Å². The molecule has 0 saturated carbocycles. The Morgan fingerprint density at radius 2 is 1.89 bits per heavy atom. The number of piperazine rings is 1. The Balaban J connectivity index is 0.00000261. The van der Waals surface area contributed by atoms with Crippen LogP contribution >= 0.6 is 12.4 Å². The van der Waals surface area contributed by atoms with Crippen molar-refractivity contribution in [2.75, 3.05) is 26.2 Å². The first-order valence-electron chi connectivity index (χ1n) is 7.89. The third-order valence-electron chi connectivity index (χ3n) is 4.06. The van der Waals surface area contributed by atoms with Crippen LogP contribution in [0.3, 0.4) is 0 Å². The molecule has 1 aliphatic rings. The average Bonchev–Trinajstić information content (AvgIpc) is 3.09. The zero-order valence-electron chi connectivity index (χ0n) is 14.2. The molecule has 1 aromatic carbocycles. The van der Waals surface area contributed by atoms with Crippen molar-refractivity contribution in [3.63, 3.8) is 0 Å². The summed E-state index contributed by atoms with van der Waals surface area (Å²) in [5.74, 6) is 0.832. The lowest BCUT2D eigenvalue weighted by Gasteiger charge is -2.33. The maximum atomic E-state index is 12.8. The van der Waals surface area contributed by atoms with Gasteiger partial charge in [-0.1, -0.05) is 17.3 Å². The molecule has 0 bridgehead atoms. The fourth-order valence-electron chi connectivity index (χ4n) is 2.73. The van der Waals surface area contributed by atoms with Crippen molar-refractivity contribution >= 4 is 28.1 Å². The summed E-state index contributed by atoms with van der Waals surface area (Å²) >= 11 is 0. The molecular weight excluding hydrogens is 400 g/mol. The zero-order valence-corrected chi connectivity index (χ0v) is 15.9. The Bertz CT molecular complexity index is 897. The van der Waals surface area contributed by atoms with E-state index in [0.29, 0.717) is 31.3 Å². The van der Waals surface area contributed by atoms with Gasteiger partial charge in [-0.2, -0.15) is 9.29 Å². The predicted octanol–water partition coefficient (Wildman–Crippen LogP) is 0.365. The van der Waals surface area contributed by atoms with Gasteiger partial charge in [-0.25, -0.2) is 8.42 Å². The largest absolute Gasteiger partial charge is 0.338 e. The molecule has 0 amide bonds. The number of hydrogen-bond donors (Lipinski definition) is 1. The van der Waals surface area contributed by atoms with E-state index < -0.39 is 20.6 Å². The van der Waals surface area contributed by atoms with Crippen LogP contribution in [0.1, 0.15) is 11.7 Å². The third kappa shape index (κ3) is 4.59. The first-order valence-corrected chi connectivity index (χ1v) is 9.33. The van der Waals surface area contributed by atoms with Crippen molar-refractivity contribution in [3.8, 4) is 0 Å². The summed E-state index contributed by atoms with van der Waals surface area (Å²) in [6.07, 6.45) is 0. The number of halogens is 1. The van der Waals surface area contributed by atoms with E-state index in [2.05, 4.69) is 10.1 Å². The molecule has 0 atom stereocenters. The Hall–Kier alpha value is -2.12. The molecule has 1 fully saturated rings. The van der Waals surface area contributed by atoms with Gasteiger partial charge in [0.05, 0.1) is 18.0 Å². The van der Waals surface area contributed by atoms with E-state index in [9.17, 15) is 18.5 Å². The Kier molecular flexibility index (Phi) is 6.84. The van der Waals surface area contributed by atoms with Gasteiger partial charge >= 0.3 is 0 Å². The fraction of sp³-hybridized carbons (Fsp3) is 0.429. The highest BCUT2D eigenvalue weighted by molar-refractivity contribution is 7.89. The minimum Gasteiger partial charge on any atom is -0.338 e. The number of hydrogen-bond acceptors (Lipinski definition) is 9. The monoisotopic (exact) mass is 418 g/mol. The molecule has 3 rings (SSSR count). The highest BCUT2D eigenvalue weighted by Gasteiger charge is 2.33. The Labute approximate surface area is 161 Å². The topological polar surface area (TPSA) is 149 Å². The van der Waals surface area contributed by atoms with E-state index >= 15 is 0 Å². The van der Waals surface area contributed by atoms with Crippen molar-refractivity contribution in [2.24, 2.45) is 5.73 Å². The molecule has 2 heterocycles. The molecule has 13 heteroatoms. The van der Waals surface area contributed by atoms with Gasteiger partial charge in [0.1, 0.15) is 0 Å². The summed E-state index contributed by atoms with van der Waals surface area (Å²) in [5, 5.41) is 14.9. The van der Waals surface area contributed by atoms with Crippen LogP contribution in [0.25, 0.3) is 0 Å². The van der Waals surface area contributed by atoms with Gasteiger partial charge < -0.3 is 10.3 Å². The first kappa shape index (κ1) is 21.2. The SMILES string of the molecule is Cl.NCc1nc(CN2CCN(S(=O)(=O)c3ccccc3[N+](=O)[O-])CC2)no1. The maximum Gasteiger partial charge on any atom is 0.289 e. The van der Waals surface area contributed by atoms with Crippen LogP contribution in [0.4, 0.5) is 5.69 Å². The van der Waals surface area contributed by atoms with Crippen LogP contribution in [-0.4, -0.2) is 58.9 Å². The van der Waals surface area contributed by atoms with Crippen molar-refractivity contribution < 1.29 is 17.9 Å². The number of para-hydroxylation sites is 1. The molecule has 2 N–H and O–H groups in total. The van der Waals surface area contributed by atoms with Gasteiger partial charge in [0.25, 0.3) is 5.69 Å². The zero-order chi connectivity index (χ0) is 18.7. The van der Waals surface area contributed by atoms with E-state index in [4.69, 9.17) is 10.3 Å². The van der Waals surface area contributed by atoms with Crippen LogP contribution in [0.2, 0.25) is 0 Å². The number of benzene rings is 1. The van der Waals surface area contributed by atoms with Gasteiger partial charge in [0.15, 0.2) is 10.7 Å². The lowest BCUT2D eigenvalue weighted by atomic mass is 10.3. The predicted molar refractivity (Wildman–Crippen MR) is 96.6 cm³/mol. The molecule has 27 heavy (non-hydrogen) atoms. The third-order valence-corrected chi connectivity index (χ3v) is 6.01. The van der Waals surface area contributed by atoms with Crippen molar-refractivity contribution in [2.45, 2.75) is 18.0 Å². The van der Waals surface area contributed by atoms with E-state index in [1.165, 1.54) is 28.6 Å². The lowest BCUT2D eigenvalue weighted by Crippen LogP contribution is -2.48. The van der Waals surface area contributed by atoms with Gasteiger partial charge in [-0.15, -0.1) is 12.4 Å². The molecular formula is C14H19ClN6O5S. The van der Waals surface area contributed by atoms with Crippen LogP contribution in [-0.2, 0) is 23.1 Å². The highest BCUT2D eigenvalue weighted by Crippen LogP contribution is 2.27. The number of nitro groups is 1. The molecule has 11 nitrogen and oxygen atoms in total. The minimum absolute atomic E-state index is 0. The van der Waals surface area contributed by atoms with Crippen molar-refractivity contribution in [1.82, 2.24) is 19.3 Å². The number of nitrogens with two attached hydrogens (primary N) is 1.